The standard InChI is InChI=1S/C8H9N5O2/c1-5-2-12-15-7(5)8(14)9-3-6-10-4-11-13-6/h2,4H,3H2,1H3,(H,9,14)(H,10,11,13). The van der Waals surface area contributed by atoms with Crippen LogP contribution in [-0.4, -0.2) is 26.2 Å². The summed E-state index contributed by atoms with van der Waals surface area (Å²) in [6.07, 6.45) is 2.87. The van der Waals surface area contributed by atoms with Crippen molar-refractivity contribution in [3.8, 4) is 0 Å². The van der Waals surface area contributed by atoms with Crippen LogP contribution in [0.1, 0.15) is 21.9 Å². The normalized spacial score (nSPS) is 10.2. The minimum absolute atomic E-state index is 0.217. The Bertz CT molecular complexity index is 447. The van der Waals surface area contributed by atoms with Gasteiger partial charge in [-0.25, -0.2) is 4.98 Å². The number of hydrogen-bond donors (Lipinski definition) is 2. The van der Waals surface area contributed by atoms with Crippen LogP contribution in [-0.2, 0) is 6.54 Å². The molecule has 7 nitrogen and oxygen atoms in total. The molecule has 0 atom stereocenters. The number of hydrogen-bond acceptors (Lipinski definition) is 5. The Morgan fingerprint density at radius 2 is 2.53 bits per heavy atom. The molecule has 0 unspecified atom stereocenters. The molecule has 0 radical (unpaired) electrons. The van der Waals surface area contributed by atoms with Crippen molar-refractivity contribution in [3.63, 3.8) is 0 Å². The van der Waals surface area contributed by atoms with Gasteiger partial charge in [-0.2, -0.15) is 5.10 Å². The zero-order valence-corrected chi connectivity index (χ0v) is 8.02. The van der Waals surface area contributed by atoms with Crippen LogP contribution in [0.3, 0.4) is 0 Å². The van der Waals surface area contributed by atoms with E-state index in [0.29, 0.717) is 11.4 Å². The third-order valence-corrected chi connectivity index (χ3v) is 1.84. The Morgan fingerprint density at radius 1 is 1.67 bits per heavy atom. The minimum atomic E-state index is -0.318. The fourth-order valence-electron chi connectivity index (χ4n) is 1.07. The topological polar surface area (TPSA) is 96.7 Å². The molecule has 0 bridgehead atoms. The van der Waals surface area contributed by atoms with Crippen LogP contribution in [0.15, 0.2) is 17.0 Å². The molecule has 0 aliphatic rings. The van der Waals surface area contributed by atoms with E-state index < -0.39 is 0 Å². The predicted octanol–water partition coefficient (Wildman–Crippen LogP) is 0.0311. The Labute approximate surface area is 84.9 Å². The fraction of sp³-hybridized carbons (Fsp3) is 0.250. The molecular weight excluding hydrogens is 198 g/mol. The summed E-state index contributed by atoms with van der Waals surface area (Å²) < 4.78 is 4.79. The highest BCUT2D eigenvalue weighted by molar-refractivity contribution is 5.92. The number of aryl methyl sites for hydroxylation is 1. The largest absolute Gasteiger partial charge is 0.351 e. The van der Waals surface area contributed by atoms with E-state index in [-0.39, 0.29) is 18.2 Å². The average molecular weight is 207 g/mol. The SMILES string of the molecule is Cc1cnoc1C(=O)NCc1ncn[nH]1. The number of rotatable bonds is 3. The van der Waals surface area contributed by atoms with Gasteiger partial charge in [-0.3, -0.25) is 9.89 Å². The molecule has 2 heterocycles. The smallest absolute Gasteiger partial charge is 0.290 e. The van der Waals surface area contributed by atoms with Crippen LogP contribution in [0.25, 0.3) is 0 Å². The zero-order valence-electron chi connectivity index (χ0n) is 8.02. The second kappa shape index (κ2) is 3.91. The van der Waals surface area contributed by atoms with Gasteiger partial charge in [-0.05, 0) is 6.92 Å². The highest BCUT2D eigenvalue weighted by atomic mass is 16.5. The van der Waals surface area contributed by atoms with E-state index in [2.05, 4.69) is 25.7 Å². The van der Waals surface area contributed by atoms with Gasteiger partial charge in [0.2, 0.25) is 5.76 Å². The molecule has 0 aliphatic heterocycles. The molecule has 0 aliphatic carbocycles. The van der Waals surface area contributed by atoms with Gasteiger partial charge in [-0.15, -0.1) is 0 Å². The van der Waals surface area contributed by atoms with E-state index in [1.807, 2.05) is 0 Å². The molecule has 15 heavy (non-hydrogen) atoms. The quantitative estimate of drug-likeness (QED) is 0.740. The first kappa shape index (κ1) is 9.38. The summed E-state index contributed by atoms with van der Waals surface area (Å²) in [6.45, 7) is 2.03. The van der Waals surface area contributed by atoms with Crippen LogP contribution in [0.4, 0.5) is 0 Å². The molecule has 0 spiro atoms. The Balaban J connectivity index is 1.96. The molecule has 0 fully saturated rings. The van der Waals surface area contributed by atoms with Gasteiger partial charge >= 0.3 is 0 Å². The number of aromatic nitrogens is 4. The summed E-state index contributed by atoms with van der Waals surface area (Å²) >= 11 is 0. The summed E-state index contributed by atoms with van der Waals surface area (Å²) in [5.74, 6) is 0.483. The lowest BCUT2D eigenvalue weighted by Crippen LogP contribution is -2.23. The predicted molar refractivity (Wildman–Crippen MR) is 48.8 cm³/mol. The highest BCUT2D eigenvalue weighted by Crippen LogP contribution is 2.05. The van der Waals surface area contributed by atoms with Crippen LogP contribution >= 0.6 is 0 Å². The van der Waals surface area contributed by atoms with Crippen molar-refractivity contribution in [1.82, 2.24) is 25.7 Å². The zero-order chi connectivity index (χ0) is 10.7. The average Bonchev–Trinajstić information content (AvgIpc) is 2.84. The number of carbonyl (C=O) groups is 1. The van der Waals surface area contributed by atoms with Crippen molar-refractivity contribution >= 4 is 5.91 Å². The summed E-state index contributed by atoms with van der Waals surface area (Å²) in [6, 6.07) is 0. The molecule has 2 rings (SSSR count). The van der Waals surface area contributed by atoms with E-state index in [4.69, 9.17) is 4.52 Å². The second-order valence-electron chi connectivity index (χ2n) is 2.95. The van der Waals surface area contributed by atoms with Crippen molar-refractivity contribution in [1.29, 1.82) is 0 Å². The first-order valence-electron chi connectivity index (χ1n) is 4.31. The number of nitrogens with zero attached hydrogens (tertiary/aromatic N) is 3. The van der Waals surface area contributed by atoms with Gasteiger partial charge in [0.05, 0.1) is 12.7 Å². The van der Waals surface area contributed by atoms with Crippen LogP contribution in [0.2, 0.25) is 0 Å². The molecule has 2 aromatic heterocycles. The maximum atomic E-state index is 11.5. The molecule has 0 saturated carbocycles. The summed E-state index contributed by atoms with van der Waals surface area (Å²) in [5.41, 5.74) is 0.699. The van der Waals surface area contributed by atoms with Crippen molar-refractivity contribution in [2.75, 3.05) is 0 Å². The van der Waals surface area contributed by atoms with E-state index in [0.717, 1.165) is 0 Å². The number of amides is 1. The molecule has 2 N–H and O–H groups in total. The lowest BCUT2D eigenvalue weighted by Gasteiger charge is -1.99. The van der Waals surface area contributed by atoms with Crippen molar-refractivity contribution < 1.29 is 9.32 Å². The summed E-state index contributed by atoms with van der Waals surface area (Å²) in [5, 5.41) is 12.4. The van der Waals surface area contributed by atoms with E-state index in [1.54, 1.807) is 6.92 Å². The van der Waals surface area contributed by atoms with E-state index >= 15 is 0 Å². The number of carbonyl (C=O) groups excluding carboxylic acids is 1. The number of aromatic amines is 1. The van der Waals surface area contributed by atoms with Gasteiger partial charge in [0, 0.05) is 5.56 Å². The maximum Gasteiger partial charge on any atom is 0.290 e. The van der Waals surface area contributed by atoms with Gasteiger partial charge in [0.15, 0.2) is 0 Å². The van der Waals surface area contributed by atoms with Gasteiger partial charge in [0.25, 0.3) is 5.91 Å². The number of nitrogens with one attached hydrogen (secondary N) is 2. The Hall–Kier alpha value is -2.18. The van der Waals surface area contributed by atoms with Crippen LogP contribution in [0.5, 0.6) is 0 Å². The van der Waals surface area contributed by atoms with E-state index in [1.165, 1.54) is 12.5 Å². The summed E-state index contributed by atoms with van der Waals surface area (Å²) in [7, 11) is 0. The van der Waals surface area contributed by atoms with Crippen LogP contribution in [0, 0.1) is 6.92 Å². The van der Waals surface area contributed by atoms with Crippen molar-refractivity contribution in [3.05, 3.63) is 29.7 Å². The third kappa shape index (κ3) is 2.01. The minimum Gasteiger partial charge on any atom is -0.351 e. The molecule has 0 aromatic carbocycles. The third-order valence-electron chi connectivity index (χ3n) is 1.84. The molecule has 1 amide bonds. The van der Waals surface area contributed by atoms with Gasteiger partial charge in [0.1, 0.15) is 12.2 Å². The first-order valence-corrected chi connectivity index (χ1v) is 4.31. The second-order valence-corrected chi connectivity index (χ2v) is 2.95. The lowest BCUT2D eigenvalue weighted by atomic mass is 10.3. The molecule has 2 aromatic rings. The lowest BCUT2D eigenvalue weighted by molar-refractivity contribution is 0.0912. The van der Waals surface area contributed by atoms with Crippen molar-refractivity contribution in [2.24, 2.45) is 0 Å². The molecule has 78 valence electrons. The fourth-order valence-corrected chi connectivity index (χ4v) is 1.07. The Kier molecular flexibility index (Phi) is 2.44. The summed E-state index contributed by atoms with van der Waals surface area (Å²) in [4.78, 5) is 15.4. The monoisotopic (exact) mass is 207 g/mol. The molecule has 7 heteroatoms. The highest BCUT2D eigenvalue weighted by Gasteiger charge is 2.13. The first-order chi connectivity index (χ1) is 7.27. The van der Waals surface area contributed by atoms with Gasteiger partial charge in [-0.1, -0.05) is 5.16 Å². The van der Waals surface area contributed by atoms with E-state index in [9.17, 15) is 4.79 Å². The Morgan fingerprint density at radius 3 is 3.13 bits per heavy atom. The van der Waals surface area contributed by atoms with Gasteiger partial charge < -0.3 is 9.84 Å². The molecule has 0 saturated heterocycles. The molecular formula is C8H9N5O2. The van der Waals surface area contributed by atoms with Crippen LogP contribution < -0.4 is 5.32 Å². The number of H-pyrrole nitrogens is 1. The van der Waals surface area contributed by atoms with Crippen molar-refractivity contribution in [2.45, 2.75) is 13.5 Å². The maximum absolute atomic E-state index is 11.5.